The molecule has 2 amide bonds. The molecular weight excluding hydrogens is 288 g/mol. The Balaban J connectivity index is 1.81. The summed E-state index contributed by atoms with van der Waals surface area (Å²) in [6.07, 6.45) is 1.32. The molecule has 0 aliphatic heterocycles. The van der Waals surface area contributed by atoms with E-state index in [1.54, 1.807) is 11.3 Å². The van der Waals surface area contributed by atoms with E-state index in [0.29, 0.717) is 12.8 Å². The number of carboxylic acid groups (broad SMARTS) is 1. The quantitative estimate of drug-likeness (QED) is 0.762. The first kappa shape index (κ1) is 15.3. The Hall–Kier alpha value is -2.08. The molecule has 0 fully saturated rings. The van der Waals surface area contributed by atoms with Gasteiger partial charge in [-0.3, -0.25) is 4.79 Å². The van der Waals surface area contributed by atoms with Crippen LogP contribution in [-0.4, -0.2) is 23.1 Å². The van der Waals surface area contributed by atoms with Crippen LogP contribution in [0.2, 0.25) is 0 Å². The normalized spacial score (nSPS) is 12.0. The topological polar surface area (TPSA) is 78.4 Å². The number of carboxylic acids is 1. The van der Waals surface area contributed by atoms with E-state index < -0.39 is 5.97 Å². The van der Waals surface area contributed by atoms with E-state index in [-0.39, 0.29) is 18.5 Å². The summed E-state index contributed by atoms with van der Waals surface area (Å²) in [6.45, 7) is 1.86. The fourth-order valence-corrected chi connectivity index (χ4v) is 2.84. The summed E-state index contributed by atoms with van der Waals surface area (Å²) in [5.41, 5.74) is 0.746. The van der Waals surface area contributed by atoms with E-state index in [1.165, 1.54) is 4.70 Å². The maximum absolute atomic E-state index is 11.9. The third-order valence-corrected chi connectivity index (χ3v) is 4.01. The predicted molar refractivity (Wildman–Crippen MR) is 84.9 cm³/mol. The molecule has 0 bridgehead atoms. The third kappa shape index (κ3) is 4.75. The smallest absolute Gasteiger partial charge is 0.319 e. The van der Waals surface area contributed by atoms with E-state index in [2.05, 4.69) is 10.6 Å². The monoisotopic (exact) mass is 306 g/mol. The van der Waals surface area contributed by atoms with Crippen molar-refractivity contribution >= 4 is 39.1 Å². The molecule has 6 heteroatoms. The largest absolute Gasteiger partial charge is 0.481 e. The fourth-order valence-electron chi connectivity index (χ4n) is 2.07. The zero-order valence-electron chi connectivity index (χ0n) is 11.8. The number of carbonyl (C=O) groups excluding carboxylic acids is 1. The molecule has 1 aromatic carbocycles. The number of aliphatic carboxylic acids is 1. The molecule has 0 aliphatic carbocycles. The average molecular weight is 306 g/mol. The van der Waals surface area contributed by atoms with Crippen LogP contribution < -0.4 is 10.6 Å². The van der Waals surface area contributed by atoms with Crippen LogP contribution in [-0.2, 0) is 4.79 Å². The van der Waals surface area contributed by atoms with Gasteiger partial charge in [-0.2, -0.15) is 0 Å². The highest BCUT2D eigenvalue weighted by Gasteiger charge is 2.08. The molecule has 1 heterocycles. The lowest BCUT2D eigenvalue weighted by Gasteiger charge is -2.14. The number of hydrogen-bond acceptors (Lipinski definition) is 3. The van der Waals surface area contributed by atoms with Crippen molar-refractivity contribution in [1.82, 2.24) is 5.32 Å². The minimum atomic E-state index is -0.810. The number of rotatable bonds is 6. The fraction of sp³-hybridized carbons (Fsp3) is 0.333. The number of hydrogen-bond donors (Lipinski definition) is 3. The maximum Gasteiger partial charge on any atom is 0.319 e. The Morgan fingerprint density at radius 2 is 2.14 bits per heavy atom. The summed E-state index contributed by atoms with van der Waals surface area (Å²) in [5.74, 6) is -0.810. The standard InChI is InChI=1S/C15H18N2O3S/c1-10(3-2-4-14(18)19)16-15(20)17-12-5-6-13-11(9-12)7-8-21-13/h5-10H,2-4H2,1H3,(H,18,19)(H2,16,17,20). The Labute approximate surface area is 127 Å². The van der Waals surface area contributed by atoms with Crippen molar-refractivity contribution in [2.75, 3.05) is 5.32 Å². The molecule has 1 atom stereocenters. The maximum atomic E-state index is 11.9. The minimum absolute atomic E-state index is 0.0609. The summed E-state index contributed by atoms with van der Waals surface area (Å²) >= 11 is 1.66. The Morgan fingerprint density at radius 3 is 2.90 bits per heavy atom. The van der Waals surface area contributed by atoms with Crippen molar-refractivity contribution in [2.45, 2.75) is 32.2 Å². The number of nitrogens with one attached hydrogen (secondary N) is 2. The zero-order chi connectivity index (χ0) is 15.2. The molecule has 21 heavy (non-hydrogen) atoms. The van der Waals surface area contributed by atoms with Crippen LogP contribution in [0.5, 0.6) is 0 Å². The molecule has 0 saturated carbocycles. The molecule has 0 saturated heterocycles. The van der Waals surface area contributed by atoms with Gasteiger partial charge in [-0.1, -0.05) is 0 Å². The van der Waals surface area contributed by atoms with Gasteiger partial charge in [-0.15, -0.1) is 11.3 Å². The van der Waals surface area contributed by atoms with Crippen molar-refractivity contribution in [1.29, 1.82) is 0 Å². The molecule has 5 nitrogen and oxygen atoms in total. The Kier molecular flexibility index (Phi) is 5.16. The third-order valence-electron chi connectivity index (χ3n) is 3.12. The first-order chi connectivity index (χ1) is 10.0. The van der Waals surface area contributed by atoms with Gasteiger partial charge in [0.25, 0.3) is 0 Å². The zero-order valence-corrected chi connectivity index (χ0v) is 12.6. The van der Waals surface area contributed by atoms with Crippen molar-refractivity contribution in [3.8, 4) is 0 Å². The van der Waals surface area contributed by atoms with E-state index in [1.807, 2.05) is 36.6 Å². The van der Waals surface area contributed by atoms with Gasteiger partial charge in [0.1, 0.15) is 0 Å². The highest BCUT2D eigenvalue weighted by Crippen LogP contribution is 2.23. The molecular formula is C15H18N2O3S. The van der Waals surface area contributed by atoms with Gasteiger partial charge in [0.15, 0.2) is 0 Å². The first-order valence-corrected chi connectivity index (χ1v) is 7.69. The van der Waals surface area contributed by atoms with E-state index in [4.69, 9.17) is 5.11 Å². The number of anilines is 1. The van der Waals surface area contributed by atoms with Crippen LogP contribution in [0.15, 0.2) is 29.6 Å². The number of carbonyl (C=O) groups is 2. The van der Waals surface area contributed by atoms with Gasteiger partial charge < -0.3 is 15.7 Å². The first-order valence-electron chi connectivity index (χ1n) is 6.81. The van der Waals surface area contributed by atoms with Crippen LogP contribution in [0.3, 0.4) is 0 Å². The van der Waals surface area contributed by atoms with Gasteiger partial charge in [0.05, 0.1) is 0 Å². The number of thiophene rings is 1. The van der Waals surface area contributed by atoms with Crippen molar-refractivity contribution < 1.29 is 14.7 Å². The molecule has 2 rings (SSSR count). The lowest BCUT2D eigenvalue weighted by Crippen LogP contribution is -2.36. The average Bonchev–Trinajstić information content (AvgIpc) is 2.85. The summed E-state index contributed by atoms with van der Waals surface area (Å²) in [5, 5.41) is 17.3. The number of urea groups is 1. The lowest BCUT2D eigenvalue weighted by molar-refractivity contribution is -0.137. The summed E-state index contributed by atoms with van der Waals surface area (Å²) < 4.78 is 1.18. The predicted octanol–water partition coefficient (Wildman–Crippen LogP) is 3.67. The van der Waals surface area contributed by atoms with Crippen LogP contribution in [0.4, 0.5) is 10.5 Å². The minimum Gasteiger partial charge on any atom is -0.481 e. The molecule has 0 aliphatic rings. The van der Waals surface area contributed by atoms with Crippen molar-refractivity contribution in [3.05, 3.63) is 29.6 Å². The molecule has 0 spiro atoms. The van der Waals surface area contributed by atoms with Gasteiger partial charge in [0.2, 0.25) is 0 Å². The highest BCUT2D eigenvalue weighted by molar-refractivity contribution is 7.17. The van der Waals surface area contributed by atoms with E-state index in [0.717, 1.165) is 11.1 Å². The SMILES string of the molecule is CC(CCCC(=O)O)NC(=O)Nc1ccc2sccc2c1. The number of benzene rings is 1. The molecule has 112 valence electrons. The van der Waals surface area contributed by atoms with Crippen LogP contribution in [0.25, 0.3) is 10.1 Å². The molecule has 1 unspecified atom stereocenters. The Morgan fingerprint density at radius 1 is 1.33 bits per heavy atom. The van der Waals surface area contributed by atoms with Crippen LogP contribution in [0.1, 0.15) is 26.2 Å². The van der Waals surface area contributed by atoms with Crippen molar-refractivity contribution in [3.63, 3.8) is 0 Å². The number of fused-ring (bicyclic) bond motifs is 1. The van der Waals surface area contributed by atoms with Crippen LogP contribution >= 0.6 is 11.3 Å². The van der Waals surface area contributed by atoms with E-state index >= 15 is 0 Å². The van der Waals surface area contributed by atoms with Gasteiger partial charge in [0, 0.05) is 22.8 Å². The van der Waals surface area contributed by atoms with Gasteiger partial charge >= 0.3 is 12.0 Å². The highest BCUT2D eigenvalue weighted by atomic mass is 32.1. The van der Waals surface area contributed by atoms with Gasteiger partial charge in [-0.05, 0) is 54.8 Å². The molecule has 3 N–H and O–H groups in total. The molecule has 1 aromatic heterocycles. The Bertz CT molecular complexity index is 639. The number of amides is 2. The second kappa shape index (κ2) is 7.08. The van der Waals surface area contributed by atoms with E-state index in [9.17, 15) is 9.59 Å². The summed E-state index contributed by atoms with van der Waals surface area (Å²) in [6, 6.07) is 7.46. The van der Waals surface area contributed by atoms with Gasteiger partial charge in [-0.25, -0.2) is 4.79 Å². The van der Waals surface area contributed by atoms with Crippen molar-refractivity contribution in [2.24, 2.45) is 0 Å². The lowest BCUT2D eigenvalue weighted by atomic mass is 10.1. The second-order valence-electron chi connectivity index (χ2n) is 4.96. The summed E-state index contributed by atoms with van der Waals surface area (Å²) in [7, 11) is 0. The summed E-state index contributed by atoms with van der Waals surface area (Å²) in [4.78, 5) is 22.3. The molecule has 0 radical (unpaired) electrons. The second-order valence-corrected chi connectivity index (χ2v) is 5.91. The van der Waals surface area contributed by atoms with Crippen LogP contribution in [0, 0.1) is 0 Å². The molecule has 2 aromatic rings.